The maximum atomic E-state index is 9.74. The van der Waals surface area contributed by atoms with Crippen molar-refractivity contribution in [3.05, 3.63) is 58.7 Å². The maximum Gasteiger partial charge on any atom is 0.115 e. The predicted octanol–water partition coefficient (Wildman–Crippen LogP) is 4.50. The Morgan fingerprint density at radius 1 is 1.15 bits per heavy atom. The van der Waals surface area contributed by atoms with Crippen molar-refractivity contribution in [3.8, 4) is 5.75 Å². The van der Waals surface area contributed by atoms with Gasteiger partial charge in [-0.2, -0.15) is 0 Å². The average Bonchev–Trinajstić information content (AvgIpc) is 2.44. The minimum atomic E-state index is 0.298. The largest absolute Gasteiger partial charge is 0.508 e. The van der Waals surface area contributed by atoms with E-state index in [0.29, 0.717) is 11.8 Å². The number of fused-ring (bicyclic) bond motifs is 1. The van der Waals surface area contributed by atoms with Crippen molar-refractivity contribution in [2.24, 2.45) is 0 Å². The fraction of sp³-hybridized carbons (Fsp3) is 0.333. The van der Waals surface area contributed by atoms with Crippen molar-refractivity contribution in [2.45, 2.75) is 39.2 Å². The molecule has 2 N–H and O–H groups in total. The van der Waals surface area contributed by atoms with Gasteiger partial charge >= 0.3 is 0 Å². The van der Waals surface area contributed by atoms with Crippen LogP contribution in [0.2, 0.25) is 0 Å². The van der Waals surface area contributed by atoms with Gasteiger partial charge in [0.1, 0.15) is 5.75 Å². The van der Waals surface area contributed by atoms with E-state index in [4.69, 9.17) is 0 Å². The van der Waals surface area contributed by atoms with Gasteiger partial charge in [0, 0.05) is 5.69 Å². The topological polar surface area (TPSA) is 32.3 Å². The smallest absolute Gasteiger partial charge is 0.115 e. The third kappa shape index (κ3) is 2.38. The summed E-state index contributed by atoms with van der Waals surface area (Å²) in [6.45, 7) is 4.30. The summed E-state index contributed by atoms with van der Waals surface area (Å²) in [6.07, 6.45) is 3.42. The lowest BCUT2D eigenvalue weighted by atomic mass is 9.87. The first kappa shape index (κ1) is 13.0. The molecule has 20 heavy (non-hydrogen) atoms. The number of nitrogens with one attached hydrogen (secondary N) is 1. The van der Waals surface area contributed by atoms with Crippen LogP contribution in [0.4, 0.5) is 5.69 Å². The molecule has 2 aromatic rings. The van der Waals surface area contributed by atoms with Crippen LogP contribution < -0.4 is 5.32 Å². The molecule has 2 heteroatoms. The molecular formula is C18H21NO. The molecule has 0 aromatic heterocycles. The summed E-state index contributed by atoms with van der Waals surface area (Å²) in [5, 5.41) is 13.4. The highest BCUT2D eigenvalue weighted by Gasteiger charge is 2.21. The highest BCUT2D eigenvalue weighted by molar-refractivity contribution is 5.56. The standard InChI is InChI=1S/C18H21NO/c1-12-5-3-7-17(13(12)2)19-18-8-4-6-14-9-10-15(20)11-16(14)18/h3,5,7,9-11,18-20H,4,6,8H2,1-2H3. The van der Waals surface area contributed by atoms with E-state index in [0.717, 1.165) is 12.8 Å². The van der Waals surface area contributed by atoms with Crippen molar-refractivity contribution in [1.82, 2.24) is 0 Å². The summed E-state index contributed by atoms with van der Waals surface area (Å²) >= 11 is 0. The second kappa shape index (κ2) is 5.20. The van der Waals surface area contributed by atoms with Gasteiger partial charge in [-0.25, -0.2) is 0 Å². The number of aromatic hydroxyl groups is 1. The monoisotopic (exact) mass is 267 g/mol. The van der Waals surface area contributed by atoms with Gasteiger partial charge in [-0.1, -0.05) is 18.2 Å². The fourth-order valence-corrected chi connectivity index (χ4v) is 3.03. The van der Waals surface area contributed by atoms with Gasteiger partial charge in [-0.15, -0.1) is 0 Å². The van der Waals surface area contributed by atoms with Crippen LogP contribution in [0, 0.1) is 13.8 Å². The number of hydrogen-bond donors (Lipinski definition) is 2. The molecule has 0 fully saturated rings. The number of benzene rings is 2. The van der Waals surface area contributed by atoms with Crippen LogP contribution in [-0.2, 0) is 6.42 Å². The van der Waals surface area contributed by atoms with E-state index in [1.807, 2.05) is 6.07 Å². The number of anilines is 1. The third-order valence-corrected chi connectivity index (χ3v) is 4.38. The van der Waals surface area contributed by atoms with Gasteiger partial charge < -0.3 is 10.4 Å². The third-order valence-electron chi connectivity index (χ3n) is 4.38. The first-order valence-corrected chi connectivity index (χ1v) is 7.29. The number of phenolic OH excluding ortho intramolecular Hbond substituents is 1. The Kier molecular flexibility index (Phi) is 3.39. The summed E-state index contributed by atoms with van der Waals surface area (Å²) in [7, 11) is 0. The first-order valence-electron chi connectivity index (χ1n) is 7.29. The zero-order valence-corrected chi connectivity index (χ0v) is 12.1. The quantitative estimate of drug-likeness (QED) is 0.839. The molecule has 1 aliphatic carbocycles. The van der Waals surface area contributed by atoms with Gasteiger partial charge in [0.15, 0.2) is 0 Å². The fourth-order valence-electron chi connectivity index (χ4n) is 3.03. The number of aryl methyl sites for hydroxylation is 2. The van der Waals surface area contributed by atoms with Crippen LogP contribution >= 0.6 is 0 Å². The minimum absolute atomic E-state index is 0.298. The van der Waals surface area contributed by atoms with Crippen LogP contribution in [0.25, 0.3) is 0 Å². The number of rotatable bonds is 2. The lowest BCUT2D eigenvalue weighted by Crippen LogP contribution is -2.17. The molecule has 0 bridgehead atoms. The zero-order chi connectivity index (χ0) is 14.1. The van der Waals surface area contributed by atoms with Crippen LogP contribution in [0.1, 0.15) is 41.1 Å². The summed E-state index contributed by atoms with van der Waals surface area (Å²) in [5.74, 6) is 0.360. The summed E-state index contributed by atoms with van der Waals surface area (Å²) in [4.78, 5) is 0. The highest BCUT2D eigenvalue weighted by atomic mass is 16.3. The van der Waals surface area contributed by atoms with Gasteiger partial charge in [0.2, 0.25) is 0 Å². The minimum Gasteiger partial charge on any atom is -0.508 e. The molecule has 2 aromatic carbocycles. The van der Waals surface area contributed by atoms with E-state index in [1.54, 1.807) is 6.07 Å². The van der Waals surface area contributed by atoms with E-state index in [2.05, 4.69) is 43.4 Å². The summed E-state index contributed by atoms with van der Waals surface area (Å²) in [5.41, 5.74) is 6.42. The van der Waals surface area contributed by atoms with Crippen molar-refractivity contribution < 1.29 is 5.11 Å². The molecule has 0 saturated carbocycles. The van der Waals surface area contributed by atoms with Crippen molar-refractivity contribution >= 4 is 5.69 Å². The zero-order valence-electron chi connectivity index (χ0n) is 12.1. The molecule has 0 radical (unpaired) electrons. The van der Waals surface area contributed by atoms with Crippen molar-refractivity contribution in [2.75, 3.05) is 5.32 Å². The molecule has 0 amide bonds. The van der Waals surface area contributed by atoms with Crippen LogP contribution in [-0.4, -0.2) is 5.11 Å². The second-order valence-corrected chi connectivity index (χ2v) is 5.72. The lowest BCUT2D eigenvalue weighted by Gasteiger charge is -2.28. The molecule has 0 heterocycles. The van der Waals surface area contributed by atoms with E-state index < -0.39 is 0 Å². The van der Waals surface area contributed by atoms with E-state index in [9.17, 15) is 5.11 Å². The Morgan fingerprint density at radius 2 is 2.00 bits per heavy atom. The number of phenols is 1. The van der Waals surface area contributed by atoms with Crippen molar-refractivity contribution in [1.29, 1.82) is 0 Å². The Morgan fingerprint density at radius 3 is 2.85 bits per heavy atom. The molecule has 1 aliphatic rings. The molecule has 0 spiro atoms. The summed E-state index contributed by atoms with van der Waals surface area (Å²) in [6, 6.07) is 12.4. The normalized spacial score (nSPS) is 17.6. The maximum absolute atomic E-state index is 9.74. The first-order chi connectivity index (χ1) is 9.65. The highest BCUT2D eigenvalue weighted by Crippen LogP contribution is 2.35. The molecule has 1 unspecified atom stereocenters. The van der Waals surface area contributed by atoms with Gasteiger partial charge in [0.05, 0.1) is 6.04 Å². The Balaban J connectivity index is 1.93. The van der Waals surface area contributed by atoms with Gasteiger partial charge in [0.25, 0.3) is 0 Å². The Hall–Kier alpha value is -1.96. The Bertz CT molecular complexity index is 633. The molecule has 0 aliphatic heterocycles. The molecule has 104 valence electrons. The average molecular weight is 267 g/mol. The molecule has 1 atom stereocenters. The second-order valence-electron chi connectivity index (χ2n) is 5.72. The van der Waals surface area contributed by atoms with E-state index in [-0.39, 0.29) is 0 Å². The van der Waals surface area contributed by atoms with Crippen LogP contribution in [0.3, 0.4) is 0 Å². The molecule has 0 saturated heterocycles. The number of hydrogen-bond acceptors (Lipinski definition) is 2. The van der Waals surface area contributed by atoms with Crippen LogP contribution in [0.15, 0.2) is 36.4 Å². The molecule has 2 nitrogen and oxygen atoms in total. The van der Waals surface area contributed by atoms with Gasteiger partial charge in [-0.05, 0) is 73.6 Å². The van der Waals surface area contributed by atoms with Gasteiger partial charge in [-0.3, -0.25) is 0 Å². The lowest BCUT2D eigenvalue weighted by molar-refractivity contribution is 0.471. The van der Waals surface area contributed by atoms with E-state index in [1.165, 1.54) is 34.4 Å². The van der Waals surface area contributed by atoms with E-state index >= 15 is 0 Å². The molecular weight excluding hydrogens is 246 g/mol. The Labute approximate surface area is 120 Å². The van der Waals surface area contributed by atoms with Crippen LogP contribution in [0.5, 0.6) is 5.75 Å². The molecule has 3 rings (SSSR count). The SMILES string of the molecule is Cc1cccc(NC2CCCc3ccc(O)cc32)c1C. The predicted molar refractivity (Wildman–Crippen MR) is 83.3 cm³/mol. The summed E-state index contributed by atoms with van der Waals surface area (Å²) < 4.78 is 0. The van der Waals surface area contributed by atoms with Crippen molar-refractivity contribution in [3.63, 3.8) is 0 Å².